The molecule has 5 heteroatoms. The summed E-state index contributed by atoms with van der Waals surface area (Å²) >= 11 is 0. The Balaban J connectivity index is 2.00. The smallest absolute Gasteiger partial charge is 0.226 e. The fourth-order valence-electron chi connectivity index (χ4n) is 2.10. The van der Waals surface area contributed by atoms with E-state index in [2.05, 4.69) is 48.0 Å². The quantitative estimate of drug-likeness (QED) is 0.840. The molecule has 0 aliphatic carbocycles. The fourth-order valence-corrected chi connectivity index (χ4v) is 2.10. The third-order valence-corrected chi connectivity index (χ3v) is 3.58. The average Bonchev–Trinajstić information content (AvgIpc) is 2.52. The molecule has 1 atom stereocenters. The maximum atomic E-state index is 5.86. The largest absolute Gasteiger partial charge is 0.491 e. The van der Waals surface area contributed by atoms with Crippen molar-refractivity contribution in [1.82, 2.24) is 15.0 Å². The Labute approximate surface area is 138 Å². The highest BCUT2D eigenvalue weighted by molar-refractivity contribution is 5.28. The van der Waals surface area contributed by atoms with Gasteiger partial charge in [-0.25, -0.2) is 4.98 Å². The highest BCUT2D eigenvalue weighted by Gasteiger charge is 2.12. The number of nitrogens with one attached hydrogen (secondary N) is 1. The number of aryl methyl sites for hydroxylation is 2. The Morgan fingerprint density at radius 3 is 2.35 bits per heavy atom. The van der Waals surface area contributed by atoms with Crippen molar-refractivity contribution in [1.29, 1.82) is 0 Å². The molecule has 0 aliphatic heterocycles. The third-order valence-electron chi connectivity index (χ3n) is 3.58. The van der Waals surface area contributed by atoms with E-state index in [1.54, 1.807) is 0 Å². The van der Waals surface area contributed by atoms with Crippen molar-refractivity contribution in [3.05, 3.63) is 41.5 Å². The molecule has 0 aliphatic rings. The SMILES string of the molecule is CCC(COc1ccc(C)cc1)Nc1nc(C)nc(C(C)C)n1. The van der Waals surface area contributed by atoms with E-state index in [1.165, 1.54) is 5.56 Å². The van der Waals surface area contributed by atoms with Gasteiger partial charge < -0.3 is 10.1 Å². The first kappa shape index (κ1) is 17.2. The van der Waals surface area contributed by atoms with E-state index in [-0.39, 0.29) is 12.0 Å². The molecule has 1 heterocycles. The van der Waals surface area contributed by atoms with Gasteiger partial charge in [0.25, 0.3) is 0 Å². The fraction of sp³-hybridized carbons (Fsp3) is 0.500. The summed E-state index contributed by atoms with van der Waals surface area (Å²) in [7, 11) is 0. The van der Waals surface area contributed by atoms with E-state index in [4.69, 9.17) is 4.74 Å². The molecule has 2 aromatic rings. The minimum atomic E-state index is 0.151. The first-order chi connectivity index (χ1) is 11.0. The van der Waals surface area contributed by atoms with Gasteiger partial charge in [-0.1, -0.05) is 38.5 Å². The first-order valence-electron chi connectivity index (χ1n) is 8.16. The minimum Gasteiger partial charge on any atom is -0.491 e. The van der Waals surface area contributed by atoms with Gasteiger partial charge in [0.05, 0.1) is 6.04 Å². The molecule has 0 saturated carbocycles. The molecular weight excluding hydrogens is 288 g/mol. The molecule has 0 bridgehead atoms. The zero-order valence-electron chi connectivity index (χ0n) is 14.6. The molecule has 0 spiro atoms. The maximum Gasteiger partial charge on any atom is 0.226 e. The van der Waals surface area contributed by atoms with Gasteiger partial charge in [-0.3, -0.25) is 0 Å². The summed E-state index contributed by atoms with van der Waals surface area (Å²) in [5.41, 5.74) is 1.23. The molecule has 5 nitrogen and oxygen atoms in total. The van der Waals surface area contributed by atoms with Crippen molar-refractivity contribution in [3.8, 4) is 5.75 Å². The van der Waals surface area contributed by atoms with Crippen molar-refractivity contribution in [3.63, 3.8) is 0 Å². The van der Waals surface area contributed by atoms with Gasteiger partial charge in [-0.15, -0.1) is 0 Å². The monoisotopic (exact) mass is 314 g/mol. The van der Waals surface area contributed by atoms with Gasteiger partial charge >= 0.3 is 0 Å². The van der Waals surface area contributed by atoms with Crippen LogP contribution in [0.3, 0.4) is 0 Å². The number of anilines is 1. The topological polar surface area (TPSA) is 59.9 Å². The summed E-state index contributed by atoms with van der Waals surface area (Å²) in [6.45, 7) is 10.8. The van der Waals surface area contributed by atoms with Crippen LogP contribution in [-0.4, -0.2) is 27.6 Å². The summed E-state index contributed by atoms with van der Waals surface area (Å²) < 4.78 is 5.86. The predicted molar refractivity (Wildman–Crippen MR) is 93.0 cm³/mol. The second-order valence-electron chi connectivity index (χ2n) is 6.09. The van der Waals surface area contributed by atoms with Gasteiger partial charge in [-0.05, 0) is 32.4 Å². The first-order valence-corrected chi connectivity index (χ1v) is 8.16. The predicted octanol–water partition coefficient (Wildman–Crippen LogP) is 3.88. The van der Waals surface area contributed by atoms with Crippen molar-refractivity contribution in [2.75, 3.05) is 11.9 Å². The lowest BCUT2D eigenvalue weighted by atomic mass is 10.2. The third kappa shape index (κ3) is 5.20. The molecule has 1 aromatic heterocycles. The van der Waals surface area contributed by atoms with Gasteiger partial charge in [0, 0.05) is 5.92 Å². The van der Waals surface area contributed by atoms with Crippen LogP contribution >= 0.6 is 0 Å². The van der Waals surface area contributed by atoms with Crippen LogP contribution in [0.15, 0.2) is 24.3 Å². The van der Waals surface area contributed by atoms with Crippen molar-refractivity contribution in [2.45, 2.75) is 53.0 Å². The number of hydrogen-bond donors (Lipinski definition) is 1. The van der Waals surface area contributed by atoms with E-state index >= 15 is 0 Å². The van der Waals surface area contributed by atoms with Crippen LogP contribution in [0.25, 0.3) is 0 Å². The van der Waals surface area contributed by atoms with Crippen LogP contribution in [0.4, 0.5) is 5.95 Å². The van der Waals surface area contributed by atoms with Crippen molar-refractivity contribution < 1.29 is 4.74 Å². The van der Waals surface area contributed by atoms with E-state index in [9.17, 15) is 0 Å². The lowest BCUT2D eigenvalue weighted by Gasteiger charge is -2.18. The van der Waals surface area contributed by atoms with E-state index in [0.29, 0.717) is 12.6 Å². The highest BCUT2D eigenvalue weighted by atomic mass is 16.5. The van der Waals surface area contributed by atoms with Gasteiger partial charge in [0.1, 0.15) is 24.0 Å². The molecule has 0 saturated heterocycles. The molecule has 2 rings (SSSR count). The number of aromatic nitrogens is 3. The van der Waals surface area contributed by atoms with E-state index in [1.807, 2.05) is 31.2 Å². The van der Waals surface area contributed by atoms with Crippen LogP contribution in [-0.2, 0) is 0 Å². The van der Waals surface area contributed by atoms with Crippen LogP contribution < -0.4 is 10.1 Å². The molecule has 1 aromatic carbocycles. The lowest BCUT2D eigenvalue weighted by molar-refractivity contribution is 0.293. The molecule has 0 radical (unpaired) electrons. The molecule has 0 fully saturated rings. The lowest BCUT2D eigenvalue weighted by Crippen LogP contribution is -2.28. The molecule has 0 amide bonds. The summed E-state index contributed by atoms with van der Waals surface area (Å²) in [5, 5.41) is 3.36. The summed E-state index contributed by atoms with van der Waals surface area (Å²) in [4.78, 5) is 13.3. The number of rotatable bonds is 7. The number of ether oxygens (including phenoxy) is 1. The van der Waals surface area contributed by atoms with Gasteiger partial charge in [0.15, 0.2) is 0 Å². The Morgan fingerprint density at radius 1 is 1.04 bits per heavy atom. The van der Waals surface area contributed by atoms with Crippen LogP contribution in [0, 0.1) is 13.8 Å². The standard InChI is InChI=1S/C18H26N4O/c1-6-15(11-23-16-9-7-13(4)8-10-16)21-18-20-14(5)19-17(22-18)12(2)3/h7-10,12,15H,6,11H2,1-5H3,(H,19,20,21,22). The van der Waals surface area contributed by atoms with Crippen LogP contribution in [0.5, 0.6) is 5.75 Å². The molecular formula is C18H26N4O. The van der Waals surface area contributed by atoms with Gasteiger partial charge in [0.2, 0.25) is 5.95 Å². The molecule has 1 N–H and O–H groups in total. The Bertz CT molecular complexity index is 625. The van der Waals surface area contributed by atoms with Crippen molar-refractivity contribution >= 4 is 5.95 Å². The van der Waals surface area contributed by atoms with Crippen LogP contribution in [0.2, 0.25) is 0 Å². The summed E-state index contributed by atoms with van der Waals surface area (Å²) in [6.07, 6.45) is 0.924. The number of nitrogens with zero attached hydrogens (tertiary/aromatic N) is 3. The Hall–Kier alpha value is -2.17. The summed E-state index contributed by atoms with van der Waals surface area (Å²) in [5.74, 6) is 3.34. The van der Waals surface area contributed by atoms with Crippen LogP contribution in [0.1, 0.15) is 50.3 Å². The number of hydrogen-bond acceptors (Lipinski definition) is 5. The molecule has 1 unspecified atom stereocenters. The minimum absolute atomic E-state index is 0.151. The number of benzene rings is 1. The Kier molecular flexibility index (Phi) is 5.90. The van der Waals surface area contributed by atoms with E-state index in [0.717, 1.165) is 23.8 Å². The second-order valence-corrected chi connectivity index (χ2v) is 6.09. The van der Waals surface area contributed by atoms with Gasteiger partial charge in [-0.2, -0.15) is 9.97 Å². The molecule has 23 heavy (non-hydrogen) atoms. The summed E-state index contributed by atoms with van der Waals surface area (Å²) in [6, 6.07) is 8.23. The average molecular weight is 314 g/mol. The Morgan fingerprint density at radius 2 is 1.74 bits per heavy atom. The zero-order valence-corrected chi connectivity index (χ0v) is 14.6. The molecule has 124 valence electrons. The maximum absolute atomic E-state index is 5.86. The second kappa shape index (κ2) is 7.90. The normalized spacial score (nSPS) is 12.3. The zero-order chi connectivity index (χ0) is 16.8. The van der Waals surface area contributed by atoms with E-state index < -0.39 is 0 Å². The highest BCUT2D eigenvalue weighted by Crippen LogP contribution is 2.14. The van der Waals surface area contributed by atoms with Crippen molar-refractivity contribution in [2.24, 2.45) is 0 Å².